The maximum absolute atomic E-state index is 13.5. The molecule has 0 fully saturated rings. The third-order valence-corrected chi connectivity index (χ3v) is 24.0. The molecule has 730 valence electrons. The quantitative estimate of drug-likeness (QED) is 0.0337. The van der Waals surface area contributed by atoms with Crippen LogP contribution in [0.1, 0.15) is 80.2 Å². The van der Waals surface area contributed by atoms with Gasteiger partial charge in [-0.25, -0.2) is 43.7 Å². The number of H-pyrrole nitrogens is 7. The smallest absolute Gasteiger partial charge is 0.416 e. The van der Waals surface area contributed by atoms with Gasteiger partial charge in [0.25, 0.3) is 5.92 Å². The molecule has 7 heterocycles. The van der Waals surface area contributed by atoms with Gasteiger partial charge in [0.2, 0.25) is 0 Å². The van der Waals surface area contributed by atoms with E-state index in [1.54, 1.807) is 42.5 Å². The van der Waals surface area contributed by atoms with Gasteiger partial charge in [-0.3, -0.25) is 0 Å². The summed E-state index contributed by atoms with van der Waals surface area (Å²) in [5.41, 5.74) is 28.3. The Bertz CT molecular complexity index is 7810. The maximum Gasteiger partial charge on any atom is 0.416 e. The van der Waals surface area contributed by atoms with E-state index in [2.05, 4.69) is 106 Å². The number of alkyl halides is 5. The first-order valence-corrected chi connectivity index (χ1v) is 47.3. The van der Waals surface area contributed by atoms with E-state index in [9.17, 15) is 37.3 Å². The lowest BCUT2D eigenvalue weighted by molar-refractivity contribution is -0.137. The number of phenolic OH excluding ortho intramolecular Hbond substituents is 1. The fourth-order valence-electron chi connectivity index (χ4n) is 16.1. The third-order valence-electron chi connectivity index (χ3n) is 23.5. The van der Waals surface area contributed by atoms with E-state index in [0.29, 0.717) is 44.6 Å². The molecule has 0 radical (unpaired) electrons. The highest BCUT2D eigenvalue weighted by Crippen LogP contribution is 2.39. The number of rotatable bonds is 19. The number of aromatic nitrogens is 14. The monoisotopic (exact) mass is 1970 g/mol. The number of hydrogen-bond acceptors (Lipinski definition) is 12. The molecule has 0 saturated carbocycles. The molecule has 7 aromatic heterocycles. The summed E-state index contributed by atoms with van der Waals surface area (Å²) in [6, 6.07) is 115. The summed E-state index contributed by atoms with van der Waals surface area (Å²) in [4.78, 5) is 55.1. The molecule has 0 spiro atoms. The fourth-order valence-corrected chi connectivity index (χ4v) is 16.4. The molecule has 19 nitrogen and oxygen atoms in total. The van der Waals surface area contributed by atoms with E-state index in [0.717, 1.165) is 205 Å². The molecule has 0 saturated heterocycles. The Morgan fingerprint density at radius 2 is 0.497 bits per heavy atom. The molecule has 14 aromatic carbocycles. The largest absolute Gasteiger partial charge is 0.507 e. The number of hydrogen-bond donors (Lipinski definition) is 12. The molecule has 0 amide bonds. The van der Waals surface area contributed by atoms with Gasteiger partial charge in [-0.1, -0.05) is 327 Å². The molecule has 21 aromatic rings. The standard InChI is InChI=1S/C18H16F2N2.C18H18N2O2.C17H13F3N2.C17H16N2O2.C17H16N2O.2C16H13ClN2/c1-12-16(14-9-6-10-15(11-14)18(2,19)20)22-17(21-12)13-7-4-3-5-8-13;1-12-17(14-5-3-2-4-6-14)20-18(19-12)16-8-7-13(10-21)9-15(16)11-22;1-11-15(12-6-3-2-4-7-12)22-16(21-11)13-8-5-9-14(10-13)17(18,19)20;1-11-16(13-5-3-2-4-6-13)19-17(18-11)14-8-7-12(10-20)9-15(14)21;1-12-16(14-5-3-2-4-6-14)19-17(18-12)15-9-7-13(11-20)8-10-15;1-11-15(12-6-3-2-4-7-12)19-16(18-11)13-8-5-9-14(17)10-13;1-11-15(12-5-3-2-4-6-12)19-16(18-11)13-7-9-14(17)10-8-13/h3-11H,1-2H3,(H,21,22);2-9,21-22H,10-11H2,1H3,(H,19,20);2-10H,1H3,(H,21,22);2-9,20-21H,10H2,1H3,(H,18,19);2-10,20H,11H2,1H3,(H,18,19);2*2-10H,1H3,(H,18,19). The van der Waals surface area contributed by atoms with Crippen molar-refractivity contribution in [3.63, 3.8) is 0 Å². The first kappa shape index (κ1) is 103. The van der Waals surface area contributed by atoms with Crippen LogP contribution < -0.4 is 0 Å². The normalized spacial score (nSPS) is 11.0. The lowest BCUT2D eigenvalue weighted by atomic mass is 10.0. The van der Waals surface area contributed by atoms with Crippen molar-refractivity contribution in [3.8, 4) is 164 Å². The van der Waals surface area contributed by atoms with E-state index in [1.165, 1.54) is 18.2 Å². The third kappa shape index (κ3) is 26.4. The van der Waals surface area contributed by atoms with Gasteiger partial charge < -0.3 is 60.4 Å². The van der Waals surface area contributed by atoms with Gasteiger partial charge in [0.05, 0.1) is 77.4 Å². The predicted molar refractivity (Wildman–Crippen MR) is 569 cm³/mol. The summed E-state index contributed by atoms with van der Waals surface area (Å²) in [6.07, 6.45) is -4.36. The first-order valence-electron chi connectivity index (χ1n) is 46.6. The highest BCUT2D eigenvalue weighted by Gasteiger charge is 2.31. The average Bonchev–Trinajstić information content (AvgIpc) is 1.67. The lowest BCUT2D eigenvalue weighted by Crippen LogP contribution is -2.06. The van der Waals surface area contributed by atoms with Gasteiger partial charge in [-0.15, -0.1) is 0 Å². The number of aromatic hydroxyl groups is 1. The number of aliphatic hydroxyl groups excluding tert-OH is 4. The SMILES string of the molecule is Cc1[nH]c(-c2ccc(CO)cc2)nc1-c1ccccc1.Cc1[nH]c(-c2ccc(CO)cc2CO)nc1-c1ccccc1.Cc1[nH]c(-c2ccc(CO)cc2O)nc1-c1ccccc1.Cc1[nH]c(-c2ccc(Cl)cc2)nc1-c1ccccc1.Cc1[nH]c(-c2cccc(C(F)(F)F)c2)nc1-c1ccccc1.Cc1[nH]c(-c2cccc(Cl)c2)nc1-c1ccccc1.Cc1[nH]c(-c2ccccc2)nc1-c1cccc(C(C)(F)F)c1. The zero-order chi connectivity index (χ0) is 102. The van der Waals surface area contributed by atoms with Crippen molar-refractivity contribution in [1.29, 1.82) is 0 Å². The van der Waals surface area contributed by atoms with Gasteiger partial charge in [-0.2, -0.15) is 13.2 Å². The second kappa shape index (κ2) is 47.8. The van der Waals surface area contributed by atoms with Crippen LogP contribution in [0.15, 0.2) is 370 Å². The molecule has 0 atom stereocenters. The summed E-state index contributed by atoms with van der Waals surface area (Å²) < 4.78 is 65.4. The highest BCUT2D eigenvalue weighted by molar-refractivity contribution is 6.31. The zero-order valence-electron chi connectivity index (χ0n) is 80.6. The Morgan fingerprint density at radius 1 is 0.234 bits per heavy atom. The van der Waals surface area contributed by atoms with Crippen molar-refractivity contribution >= 4 is 23.2 Å². The van der Waals surface area contributed by atoms with Crippen molar-refractivity contribution in [2.75, 3.05) is 0 Å². The number of imidazole rings is 7. The van der Waals surface area contributed by atoms with E-state index in [1.807, 2.05) is 309 Å². The van der Waals surface area contributed by atoms with Gasteiger partial charge in [0.1, 0.15) is 46.5 Å². The summed E-state index contributed by atoms with van der Waals surface area (Å²) in [5, 5.41) is 48.5. The Balaban J connectivity index is 0.000000127. The van der Waals surface area contributed by atoms with Crippen LogP contribution in [0.2, 0.25) is 10.0 Å². The first-order chi connectivity index (χ1) is 70.1. The molecule has 0 bridgehead atoms. The lowest BCUT2D eigenvalue weighted by Gasteiger charge is -2.11. The summed E-state index contributed by atoms with van der Waals surface area (Å²) in [5.74, 6) is 2.33. The van der Waals surface area contributed by atoms with Crippen molar-refractivity contribution < 1.29 is 47.5 Å². The van der Waals surface area contributed by atoms with E-state index < -0.39 is 17.7 Å². The topological polar surface area (TPSA) is 302 Å². The number of halogens is 7. The van der Waals surface area contributed by atoms with Crippen molar-refractivity contribution in [2.45, 2.75) is 93.9 Å². The molecule has 12 N–H and O–H groups in total. The minimum Gasteiger partial charge on any atom is -0.507 e. The highest BCUT2D eigenvalue weighted by atomic mass is 35.5. The van der Waals surface area contributed by atoms with E-state index in [-0.39, 0.29) is 37.7 Å². The van der Waals surface area contributed by atoms with Crippen LogP contribution in [0.5, 0.6) is 5.75 Å². The summed E-state index contributed by atoms with van der Waals surface area (Å²) in [6.45, 7) is 14.5. The molecule has 0 aliphatic carbocycles. The zero-order valence-corrected chi connectivity index (χ0v) is 82.1. The summed E-state index contributed by atoms with van der Waals surface area (Å²) in [7, 11) is 0. The summed E-state index contributed by atoms with van der Waals surface area (Å²) >= 11 is 11.9. The van der Waals surface area contributed by atoms with Crippen LogP contribution in [-0.4, -0.2) is 95.3 Å². The molecule has 21 rings (SSSR count). The van der Waals surface area contributed by atoms with Crippen LogP contribution in [0.25, 0.3) is 159 Å². The molecular weight excluding hydrogens is 1870 g/mol. The molecule has 0 aliphatic heterocycles. The maximum atomic E-state index is 13.5. The van der Waals surface area contributed by atoms with Gasteiger partial charge in [-0.05, 0) is 137 Å². The molecule has 0 aliphatic rings. The van der Waals surface area contributed by atoms with Crippen LogP contribution in [0, 0.1) is 48.5 Å². The van der Waals surface area contributed by atoms with Crippen LogP contribution >= 0.6 is 23.2 Å². The minimum atomic E-state index is -4.36. The Hall–Kier alpha value is -16.6. The van der Waals surface area contributed by atoms with Crippen LogP contribution in [-0.2, 0) is 38.5 Å². The Kier molecular flexibility index (Phi) is 33.9. The number of benzene rings is 14. The van der Waals surface area contributed by atoms with Gasteiger partial charge >= 0.3 is 6.18 Å². The minimum absolute atomic E-state index is 0.00587. The number of aryl methyl sites for hydroxylation is 7. The van der Waals surface area contributed by atoms with Crippen molar-refractivity contribution in [2.24, 2.45) is 0 Å². The average molecular weight is 1980 g/mol. The van der Waals surface area contributed by atoms with Crippen molar-refractivity contribution in [1.82, 2.24) is 69.8 Å². The van der Waals surface area contributed by atoms with Gasteiger partial charge in [0.15, 0.2) is 0 Å². The number of aliphatic hydroxyl groups is 4. The Morgan fingerprint density at radius 3 is 0.834 bits per heavy atom. The fraction of sp³-hybridized carbons (Fsp3) is 0.118. The second-order valence-electron chi connectivity index (χ2n) is 34.2. The van der Waals surface area contributed by atoms with E-state index in [4.69, 9.17) is 33.4 Å². The number of nitrogens with one attached hydrogen (secondary N) is 7. The number of nitrogens with zero attached hydrogens (tertiary/aromatic N) is 7. The second-order valence-corrected chi connectivity index (χ2v) is 35.1. The molecule has 145 heavy (non-hydrogen) atoms. The van der Waals surface area contributed by atoms with Gasteiger partial charge in [0, 0.05) is 135 Å². The number of aromatic amines is 7. The van der Waals surface area contributed by atoms with E-state index >= 15 is 0 Å². The predicted octanol–water partition coefficient (Wildman–Crippen LogP) is 29.5. The Labute approximate surface area is 846 Å². The van der Waals surface area contributed by atoms with Crippen LogP contribution in [0.4, 0.5) is 22.0 Å². The molecular formula is C119H105Cl2F5N14O5. The van der Waals surface area contributed by atoms with Crippen molar-refractivity contribution in [3.05, 3.63) is 453 Å². The molecule has 0 unspecified atom stereocenters. The van der Waals surface area contributed by atoms with Crippen LogP contribution in [0.3, 0.4) is 0 Å². The number of phenols is 1. The molecule has 26 heteroatoms.